The fraction of sp³-hybridized carbons (Fsp3) is 0.367. The van der Waals surface area contributed by atoms with Crippen molar-refractivity contribution in [1.29, 1.82) is 0 Å². The molecule has 0 bridgehead atoms. The van der Waals surface area contributed by atoms with E-state index in [1.165, 1.54) is 3.97 Å². The first kappa shape index (κ1) is 27.0. The summed E-state index contributed by atoms with van der Waals surface area (Å²) in [6.45, 7) is 12.0. The number of likely N-dealkylation sites (N-methyl/N-ethyl adjacent to an activating group) is 1. The van der Waals surface area contributed by atoms with Gasteiger partial charge in [0.25, 0.3) is 10.0 Å². The summed E-state index contributed by atoms with van der Waals surface area (Å²) < 4.78 is 42.3. The SMILES string of the molecule is CN1CCN(c2ccc(-c3cc4c(B5OC(C)(C)C(C)(C)O5)ccnc4n3S(=O)(=O)c3ccccc3)cc2)CC1. The summed E-state index contributed by atoms with van der Waals surface area (Å²) in [5.74, 6) is 0. The maximum absolute atomic E-state index is 14.1. The summed E-state index contributed by atoms with van der Waals surface area (Å²) >= 11 is 0. The monoisotopic (exact) mass is 558 g/mol. The summed E-state index contributed by atoms with van der Waals surface area (Å²) in [6, 6.07) is 20.4. The number of rotatable bonds is 5. The zero-order valence-corrected chi connectivity index (χ0v) is 24.5. The van der Waals surface area contributed by atoms with E-state index in [9.17, 15) is 8.42 Å². The van der Waals surface area contributed by atoms with Gasteiger partial charge in [0.1, 0.15) is 0 Å². The van der Waals surface area contributed by atoms with Gasteiger partial charge in [-0.1, -0.05) is 30.3 Å². The van der Waals surface area contributed by atoms with Crippen LogP contribution < -0.4 is 10.4 Å². The molecule has 0 radical (unpaired) electrons. The van der Waals surface area contributed by atoms with Crippen molar-refractivity contribution >= 4 is 39.3 Å². The van der Waals surface area contributed by atoms with Crippen molar-refractivity contribution in [2.24, 2.45) is 0 Å². The molecule has 0 amide bonds. The van der Waals surface area contributed by atoms with Crippen LogP contribution in [-0.4, -0.2) is 73.8 Å². The number of aromatic nitrogens is 2. The zero-order chi connectivity index (χ0) is 28.3. The molecular weight excluding hydrogens is 523 g/mol. The van der Waals surface area contributed by atoms with E-state index >= 15 is 0 Å². The third-order valence-corrected chi connectivity index (χ3v) is 10.2. The fourth-order valence-corrected chi connectivity index (χ4v) is 6.82. The van der Waals surface area contributed by atoms with Gasteiger partial charge in [-0.05, 0) is 82.2 Å². The summed E-state index contributed by atoms with van der Waals surface area (Å²) in [5.41, 5.74) is 2.48. The van der Waals surface area contributed by atoms with Crippen LogP contribution in [0.4, 0.5) is 5.69 Å². The Bertz CT molecular complexity index is 1630. The number of nitrogens with zero attached hydrogens (tertiary/aromatic N) is 4. The van der Waals surface area contributed by atoms with Crippen molar-refractivity contribution in [3.05, 3.63) is 72.9 Å². The lowest BCUT2D eigenvalue weighted by atomic mass is 9.78. The van der Waals surface area contributed by atoms with Crippen molar-refractivity contribution < 1.29 is 17.7 Å². The van der Waals surface area contributed by atoms with E-state index in [0.717, 1.165) is 42.9 Å². The van der Waals surface area contributed by atoms with Crippen LogP contribution in [0.25, 0.3) is 22.3 Å². The molecule has 0 spiro atoms. The quantitative estimate of drug-likeness (QED) is 0.343. The number of pyridine rings is 1. The first-order valence-electron chi connectivity index (χ1n) is 13.7. The van der Waals surface area contributed by atoms with E-state index in [4.69, 9.17) is 9.31 Å². The molecule has 2 aromatic heterocycles. The van der Waals surface area contributed by atoms with Gasteiger partial charge in [0, 0.05) is 43.4 Å². The fourth-order valence-electron chi connectivity index (χ4n) is 5.32. The molecule has 10 heteroatoms. The van der Waals surface area contributed by atoms with Crippen LogP contribution in [0.5, 0.6) is 0 Å². The molecule has 0 saturated carbocycles. The predicted octanol–water partition coefficient (Wildman–Crippen LogP) is 3.99. The summed E-state index contributed by atoms with van der Waals surface area (Å²) in [4.78, 5) is 9.46. The summed E-state index contributed by atoms with van der Waals surface area (Å²) in [5, 5.41) is 0.679. The normalized spacial score (nSPS) is 19.4. The van der Waals surface area contributed by atoms with Crippen molar-refractivity contribution in [2.45, 2.75) is 43.8 Å². The molecular formula is C30H35BN4O4S. The van der Waals surface area contributed by atoms with Gasteiger partial charge in [-0.3, -0.25) is 0 Å². The van der Waals surface area contributed by atoms with Crippen molar-refractivity contribution in [2.75, 3.05) is 38.1 Å². The summed E-state index contributed by atoms with van der Waals surface area (Å²) in [6.07, 6.45) is 1.62. The second-order valence-corrected chi connectivity index (χ2v) is 13.5. The average molecular weight is 559 g/mol. The maximum atomic E-state index is 14.1. The minimum atomic E-state index is -3.97. The van der Waals surface area contributed by atoms with Gasteiger partial charge in [0.15, 0.2) is 5.65 Å². The van der Waals surface area contributed by atoms with Gasteiger partial charge in [0.05, 0.1) is 21.8 Å². The number of piperazine rings is 1. The van der Waals surface area contributed by atoms with Gasteiger partial charge in [-0.25, -0.2) is 17.4 Å². The Morgan fingerprint density at radius 2 is 1.48 bits per heavy atom. The second-order valence-electron chi connectivity index (χ2n) is 11.7. The number of hydrogen-bond acceptors (Lipinski definition) is 7. The Balaban J connectivity index is 1.50. The molecule has 6 rings (SSSR count). The molecule has 0 aliphatic carbocycles. The van der Waals surface area contributed by atoms with Crippen LogP contribution in [0.3, 0.4) is 0 Å². The third-order valence-electron chi connectivity index (χ3n) is 8.52. The highest BCUT2D eigenvalue weighted by molar-refractivity contribution is 7.90. The lowest BCUT2D eigenvalue weighted by molar-refractivity contribution is 0.00578. The minimum Gasteiger partial charge on any atom is -0.399 e. The standard InChI is InChI=1S/C30H35BN4O4S/c1-29(2)30(3,4)39-31(38-29)26-15-16-32-28-25(26)21-27(35(28)40(36,37)24-9-7-6-8-10-24)22-11-13-23(14-12-22)34-19-17-33(5)18-20-34/h6-16,21H,17-20H2,1-5H3. The van der Waals surface area contributed by atoms with Gasteiger partial charge in [-0.15, -0.1) is 0 Å². The average Bonchev–Trinajstić information content (AvgIpc) is 3.43. The Hall–Kier alpha value is -3.18. The molecule has 4 aromatic rings. The topological polar surface area (TPSA) is 76.9 Å². The molecule has 0 atom stereocenters. The van der Waals surface area contributed by atoms with Gasteiger partial charge >= 0.3 is 7.12 Å². The van der Waals surface area contributed by atoms with Crippen molar-refractivity contribution in [3.63, 3.8) is 0 Å². The largest absolute Gasteiger partial charge is 0.495 e. The van der Waals surface area contributed by atoms with E-state index in [1.807, 2.05) is 52.0 Å². The van der Waals surface area contributed by atoms with Crippen LogP contribution >= 0.6 is 0 Å². The maximum Gasteiger partial charge on any atom is 0.495 e. The Morgan fingerprint density at radius 3 is 2.10 bits per heavy atom. The molecule has 0 N–H and O–H groups in total. The van der Waals surface area contributed by atoms with E-state index in [-0.39, 0.29) is 4.90 Å². The number of fused-ring (bicyclic) bond motifs is 1. The molecule has 2 aliphatic rings. The number of benzene rings is 2. The Labute approximate surface area is 236 Å². The molecule has 2 fully saturated rings. The molecule has 0 unspecified atom stereocenters. The van der Waals surface area contributed by atoms with Gasteiger partial charge < -0.3 is 19.1 Å². The number of anilines is 1. The lowest BCUT2D eigenvalue weighted by Crippen LogP contribution is -2.44. The molecule has 4 heterocycles. The van der Waals surface area contributed by atoms with Crippen molar-refractivity contribution in [1.82, 2.24) is 13.9 Å². The van der Waals surface area contributed by atoms with Crippen LogP contribution in [0, 0.1) is 0 Å². The second kappa shape index (κ2) is 9.73. The van der Waals surface area contributed by atoms with Crippen LogP contribution in [0.2, 0.25) is 0 Å². The van der Waals surface area contributed by atoms with E-state index < -0.39 is 28.3 Å². The Morgan fingerprint density at radius 1 is 0.850 bits per heavy atom. The summed E-state index contributed by atoms with van der Waals surface area (Å²) in [7, 11) is -2.48. The molecule has 2 saturated heterocycles. The number of hydrogen-bond donors (Lipinski definition) is 0. The first-order chi connectivity index (χ1) is 19.0. The molecule has 208 valence electrons. The van der Waals surface area contributed by atoms with Crippen LogP contribution in [-0.2, 0) is 19.3 Å². The third kappa shape index (κ3) is 4.53. The highest BCUT2D eigenvalue weighted by atomic mass is 32.2. The molecule has 2 aromatic carbocycles. The van der Waals surface area contributed by atoms with Crippen LogP contribution in [0.1, 0.15) is 27.7 Å². The zero-order valence-electron chi connectivity index (χ0n) is 23.7. The minimum absolute atomic E-state index is 0.200. The van der Waals surface area contributed by atoms with Gasteiger partial charge in [0.2, 0.25) is 0 Å². The lowest BCUT2D eigenvalue weighted by Gasteiger charge is -2.34. The van der Waals surface area contributed by atoms with E-state index in [0.29, 0.717) is 16.7 Å². The van der Waals surface area contributed by atoms with Gasteiger partial charge in [-0.2, -0.15) is 0 Å². The highest BCUT2D eigenvalue weighted by Gasteiger charge is 2.52. The van der Waals surface area contributed by atoms with E-state index in [1.54, 1.807) is 36.5 Å². The molecule has 40 heavy (non-hydrogen) atoms. The van der Waals surface area contributed by atoms with E-state index in [2.05, 4.69) is 34.0 Å². The molecule has 8 nitrogen and oxygen atoms in total. The predicted molar refractivity (Wildman–Crippen MR) is 160 cm³/mol. The first-order valence-corrected chi connectivity index (χ1v) is 15.1. The van der Waals surface area contributed by atoms with Crippen LogP contribution in [0.15, 0.2) is 77.8 Å². The highest BCUT2D eigenvalue weighted by Crippen LogP contribution is 2.38. The molecule has 2 aliphatic heterocycles. The van der Waals surface area contributed by atoms with Crippen molar-refractivity contribution in [3.8, 4) is 11.3 Å². The smallest absolute Gasteiger partial charge is 0.399 e. The Kier molecular flexibility index (Phi) is 6.57.